The number of H-pyrrole nitrogens is 1. The highest BCUT2D eigenvalue weighted by Gasteiger charge is 2.08. The SMILES string of the molecule is COc1ccc(-c2cc(=O)[nH]c(Nc3cccc(F)c3C)n2)cc1. The lowest BCUT2D eigenvalue weighted by Crippen LogP contribution is -2.11. The van der Waals surface area contributed by atoms with Crippen LogP contribution in [0, 0.1) is 12.7 Å². The Morgan fingerprint density at radius 2 is 1.92 bits per heavy atom. The number of aromatic amines is 1. The quantitative estimate of drug-likeness (QED) is 0.768. The van der Waals surface area contributed by atoms with Gasteiger partial charge in [0.05, 0.1) is 12.8 Å². The number of anilines is 2. The van der Waals surface area contributed by atoms with E-state index in [9.17, 15) is 9.18 Å². The van der Waals surface area contributed by atoms with E-state index < -0.39 is 0 Å². The second-order valence-corrected chi connectivity index (χ2v) is 5.25. The van der Waals surface area contributed by atoms with Crippen LogP contribution in [0.3, 0.4) is 0 Å². The monoisotopic (exact) mass is 325 g/mol. The minimum Gasteiger partial charge on any atom is -0.497 e. The number of methoxy groups -OCH3 is 1. The number of rotatable bonds is 4. The highest BCUT2D eigenvalue weighted by molar-refractivity contribution is 5.63. The molecule has 6 heteroatoms. The third kappa shape index (κ3) is 3.27. The first-order valence-corrected chi connectivity index (χ1v) is 7.35. The molecule has 2 N–H and O–H groups in total. The average molecular weight is 325 g/mol. The number of ether oxygens (including phenoxy) is 1. The molecule has 2 aromatic carbocycles. The van der Waals surface area contributed by atoms with Crippen LogP contribution in [0.5, 0.6) is 5.75 Å². The molecule has 122 valence electrons. The molecule has 3 aromatic rings. The molecular weight excluding hydrogens is 309 g/mol. The van der Waals surface area contributed by atoms with Gasteiger partial charge in [0.25, 0.3) is 5.56 Å². The van der Waals surface area contributed by atoms with Crippen molar-refractivity contribution >= 4 is 11.6 Å². The smallest absolute Gasteiger partial charge is 0.252 e. The second kappa shape index (κ2) is 6.54. The maximum atomic E-state index is 13.6. The molecule has 0 saturated heterocycles. The van der Waals surface area contributed by atoms with Crippen LogP contribution in [0.25, 0.3) is 11.3 Å². The van der Waals surface area contributed by atoms with Crippen LogP contribution < -0.4 is 15.6 Å². The first kappa shape index (κ1) is 15.7. The van der Waals surface area contributed by atoms with Gasteiger partial charge in [-0.1, -0.05) is 6.07 Å². The van der Waals surface area contributed by atoms with E-state index in [4.69, 9.17) is 4.74 Å². The molecule has 0 fully saturated rings. The highest BCUT2D eigenvalue weighted by Crippen LogP contribution is 2.23. The van der Waals surface area contributed by atoms with Crippen molar-refractivity contribution in [1.82, 2.24) is 9.97 Å². The number of hydrogen-bond acceptors (Lipinski definition) is 4. The molecule has 0 aliphatic rings. The lowest BCUT2D eigenvalue weighted by molar-refractivity contribution is 0.415. The van der Waals surface area contributed by atoms with Crippen molar-refractivity contribution in [2.75, 3.05) is 12.4 Å². The summed E-state index contributed by atoms with van der Waals surface area (Å²) in [6, 6.07) is 13.3. The molecule has 24 heavy (non-hydrogen) atoms. The van der Waals surface area contributed by atoms with Gasteiger partial charge in [-0.25, -0.2) is 9.37 Å². The molecule has 0 saturated carbocycles. The van der Waals surface area contributed by atoms with Gasteiger partial charge in [-0.15, -0.1) is 0 Å². The Hall–Kier alpha value is -3.15. The zero-order chi connectivity index (χ0) is 17.1. The predicted molar refractivity (Wildman–Crippen MR) is 91.3 cm³/mol. The molecule has 0 aliphatic heterocycles. The molecule has 5 nitrogen and oxygen atoms in total. The van der Waals surface area contributed by atoms with E-state index in [0.29, 0.717) is 16.9 Å². The van der Waals surface area contributed by atoms with Gasteiger partial charge in [-0.05, 0) is 43.3 Å². The standard InChI is InChI=1S/C18H16FN3O2/c1-11-14(19)4-3-5-15(11)20-18-21-16(10-17(23)22-18)12-6-8-13(24-2)9-7-12/h3-10H,1-2H3,(H2,20,21,22,23). The topological polar surface area (TPSA) is 67.0 Å². The third-order valence-corrected chi connectivity index (χ3v) is 3.65. The fourth-order valence-corrected chi connectivity index (χ4v) is 2.30. The van der Waals surface area contributed by atoms with E-state index in [-0.39, 0.29) is 17.3 Å². The molecular formula is C18H16FN3O2. The largest absolute Gasteiger partial charge is 0.497 e. The van der Waals surface area contributed by atoms with Crippen molar-refractivity contribution in [3.05, 3.63) is 70.3 Å². The number of benzene rings is 2. The van der Waals surface area contributed by atoms with E-state index in [1.54, 1.807) is 38.3 Å². The van der Waals surface area contributed by atoms with Crippen LogP contribution in [0.4, 0.5) is 16.0 Å². The average Bonchev–Trinajstić information content (AvgIpc) is 2.58. The van der Waals surface area contributed by atoms with Crippen molar-refractivity contribution in [1.29, 1.82) is 0 Å². The second-order valence-electron chi connectivity index (χ2n) is 5.25. The van der Waals surface area contributed by atoms with E-state index in [1.165, 1.54) is 12.1 Å². The van der Waals surface area contributed by atoms with E-state index in [2.05, 4.69) is 15.3 Å². The summed E-state index contributed by atoms with van der Waals surface area (Å²) in [6.45, 7) is 1.66. The highest BCUT2D eigenvalue weighted by atomic mass is 19.1. The maximum absolute atomic E-state index is 13.6. The first-order valence-electron chi connectivity index (χ1n) is 7.35. The Morgan fingerprint density at radius 1 is 1.17 bits per heavy atom. The van der Waals surface area contributed by atoms with Crippen LogP contribution in [-0.4, -0.2) is 17.1 Å². The van der Waals surface area contributed by atoms with Gasteiger partial charge in [0.15, 0.2) is 0 Å². The van der Waals surface area contributed by atoms with Crippen LogP contribution in [0.15, 0.2) is 53.3 Å². The van der Waals surface area contributed by atoms with Crippen molar-refractivity contribution in [2.45, 2.75) is 6.92 Å². The molecule has 1 heterocycles. The zero-order valence-corrected chi connectivity index (χ0v) is 13.3. The lowest BCUT2D eigenvalue weighted by atomic mass is 10.1. The summed E-state index contributed by atoms with van der Waals surface area (Å²) < 4.78 is 18.8. The number of aromatic nitrogens is 2. The minimum atomic E-state index is -0.325. The van der Waals surface area contributed by atoms with Crippen molar-refractivity contribution in [2.24, 2.45) is 0 Å². The summed E-state index contributed by atoms with van der Waals surface area (Å²) in [6.07, 6.45) is 0. The van der Waals surface area contributed by atoms with E-state index in [0.717, 1.165) is 11.3 Å². The summed E-state index contributed by atoms with van der Waals surface area (Å²) in [5.74, 6) is 0.646. The summed E-state index contributed by atoms with van der Waals surface area (Å²) in [5.41, 5.74) is 1.99. The molecule has 0 amide bonds. The van der Waals surface area contributed by atoms with Gasteiger partial charge >= 0.3 is 0 Å². The van der Waals surface area contributed by atoms with Gasteiger partial charge in [0.2, 0.25) is 5.95 Å². The Morgan fingerprint density at radius 3 is 2.62 bits per heavy atom. The molecule has 0 atom stereocenters. The molecule has 0 aliphatic carbocycles. The number of nitrogens with one attached hydrogen (secondary N) is 2. The number of hydrogen-bond donors (Lipinski definition) is 2. The van der Waals surface area contributed by atoms with Crippen LogP contribution in [0.2, 0.25) is 0 Å². The molecule has 3 rings (SSSR count). The number of nitrogens with zero attached hydrogens (tertiary/aromatic N) is 1. The van der Waals surface area contributed by atoms with Gasteiger partial charge in [-0.2, -0.15) is 0 Å². The van der Waals surface area contributed by atoms with Gasteiger partial charge < -0.3 is 10.1 Å². The molecule has 0 radical (unpaired) electrons. The van der Waals surface area contributed by atoms with Gasteiger partial charge in [-0.3, -0.25) is 9.78 Å². The molecule has 1 aromatic heterocycles. The fraction of sp³-hybridized carbons (Fsp3) is 0.111. The Kier molecular flexibility index (Phi) is 4.29. The van der Waals surface area contributed by atoms with E-state index >= 15 is 0 Å². The Bertz CT molecular complexity index is 920. The summed E-state index contributed by atoms with van der Waals surface area (Å²) in [4.78, 5) is 18.9. The first-order chi connectivity index (χ1) is 11.6. The summed E-state index contributed by atoms with van der Waals surface area (Å²) >= 11 is 0. The van der Waals surface area contributed by atoms with Crippen LogP contribution >= 0.6 is 0 Å². The number of halogens is 1. The summed E-state index contributed by atoms with van der Waals surface area (Å²) in [7, 11) is 1.59. The maximum Gasteiger partial charge on any atom is 0.252 e. The van der Waals surface area contributed by atoms with Crippen molar-refractivity contribution in [3.63, 3.8) is 0 Å². The van der Waals surface area contributed by atoms with Gasteiger partial charge in [0.1, 0.15) is 11.6 Å². The normalized spacial score (nSPS) is 10.5. The minimum absolute atomic E-state index is 0.252. The zero-order valence-electron chi connectivity index (χ0n) is 13.3. The van der Waals surface area contributed by atoms with Crippen LogP contribution in [-0.2, 0) is 0 Å². The summed E-state index contributed by atoms with van der Waals surface area (Å²) in [5, 5.41) is 2.96. The molecule has 0 unspecified atom stereocenters. The predicted octanol–water partition coefficient (Wildman–Crippen LogP) is 3.64. The molecule has 0 spiro atoms. The van der Waals surface area contributed by atoms with E-state index in [1.807, 2.05) is 12.1 Å². The van der Waals surface area contributed by atoms with Crippen molar-refractivity contribution in [3.8, 4) is 17.0 Å². The Balaban J connectivity index is 1.96. The van der Waals surface area contributed by atoms with Crippen molar-refractivity contribution < 1.29 is 9.13 Å². The fourth-order valence-electron chi connectivity index (χ4n) is 2.30. The van der Waals surface area contributed by atoms with Crippen LogP contribution in [0.1, 0.15) is 5.56 Å². The van der Waals surface area contributed by atoms with Gasteiger partial charge in [0, 0.05) is 22.9 Å². The molecule has 0 bridgehead atoms. The lowest BCUT2D eigenvalue weighted by Gasteiger charge is -2.10. The third-order valence-electron chi connectivity index (χ3n) is 3.65. The Labute approximate surface area is 138 Å².